The summed E-state index contributed by atoms with van der Waals surface area (Å²) < 4.78 is 0. The summed E-state index contributed by atoms with van der Waals surface area (Å²) in [5, 5.41) is 1.04. The predicted octanol–water partition coefficient (Wildman–Crippen LogP) is 4.83. The highest BCUT2D eigenvalue weighted by molar-refractivity contribution is 6.55. The normalized spacial score (nSPS) is 11.2. The van der Waals surface area contributed by atoms with Gasteiger partial charge in [0, 0.05) is 0 Å². The van der Waals surface area contributed by atoms with Gasteiger partial charge in [0.15, 0.2) is 0 Å². The molecule has 0 radical (unpaired) electrons. The summed E-state index contributed by atoms with van der Waals surface area (Å²) in [5.41, 5.74) is 0.895. The number of aromatic nitrogens is 2. The zero-order chi connectivity index (χ0) is 10.5. The summed E-state index contributed by atoms with van der Waals surface area (Å²) >= 11 is 29.1. The van der Waals surface area contributed by atoms with E-state index >= 15 is 0 Å². The van der Waals surface area contributed by atoms with E-state index in [1.807, 2.05) is 0 Å². The minimum absolute atomic E-state index is 0.175. The molecule has 0 fully saturated rings. The monoisotopic (exact) mass is 288 g/mol. The molecular formula is C7HCl5N2. The van der Waals surface area contributed by atoms with E-state index in [9.17, 15) is 0 Å². The predicted molar refractivity (Wildman–Crippen MR) is 61.1 cm³/mol. The van der Waals surface area contributed by atoms with Crippen molar-refractivity contribution in [1.29, 1.82) is 0 Å². The maximum Gasteiger partial charge on any atom is 0.201 e. The van der Waals surface area contributed by atoms with Gasteiger partial charge >= 0.3 is 0 Å². The molecule has 1 aromatic carbocycles. The summed E-state index contributed by atoms with van der Waals surface area (Å²) in [6.45, 7) is 0. The van der Waals surface area contributed by atoms with Gasteiger partial charge in [0.25, 0.3) is 0 Å². The van der Waals surface area contributed by atoms with Crippen molar-refractivity contribution in [2.45, 2.75) is 0 Å². The number of benzene rings is 1. The van der Waals surface area contributed by atoms with Gasteiger partial charge in [-0.2, -0.15) is 0 Å². The van der Waals surface area contributed by atoms with E-state index in [1.165, 1.54) is 0 Å². The SMILES string of the molecule is Clc1nc2c(Cl)c(Cl)c(Cl)c(Cl)c2[nH]1. The number of nitrogens with one attached hydrogen (secondary N) is 1. The van der Waals surface area contributed by atoms with Crippen molar-refractivity contribution < 1.29 is 0 Å². The summed E-state index contributed by atoms with van der Waals surface area (Å²) in [5.74, 6) is 0. The van der Waals surface area contributed by atoms with Gasteiger partial charge < -0.3 is 4.98 Å². The molecule has 0 unspecified atom stereocenters. The van der Waals surface area contributed by atoms with E-state index in [4.69, 9.17) is 58.0 Å². The Balaban J connectivity index is 3.01. The maximum atomic E-state index is 5.91. The van der Waals surface area contributed by atoms with Crippen LogP contribution < -0.4 is 0 Å². The zero-order valence-corrected chi connectivity index (χ0v) is 10.1. The number of hydrogen-bond acceptors (Lipinski definition) is 1. The van der Waals surface area contributed by atoms with Crippen LogP contribution in [0.15, 0.2) is 0 Å². The molecular weight excluding hydrogens is 289 g/mol. The maximum absolute atomic E-state index is 5.91. The Morgan fingerprint density at radius 1 is 0.786 bits per heavy atom. The smallest absolute Gasteiger partial charge is 0.201 e. The third-order valence-electron chi connectivity index (χ3n) is 1.68. The second-order valence-electron chi connectivity index (χ2n) is 2.51. The molecule has 0 aliphatic heterocycles. The summed E-state index contributed by atoms with van der Waals surface area (Å²) in [4.78, 5) is 6.66. The molecule has 0 atom stereocenters. The fraction of sp³-hybridized carbons (Fsp3) is 0. The van der Waals surface area contributed by atoms with Gasteiger partial charge in [0.2, 0.25) is 5.28 Å². The number of halogens is 5. The van der Waals surface area contributed by atoms with Crippen LogP contribution in [0.1, 0.15) is 0 Å². The van der Waals surface area contributed by atoms with Gasteiger partial charge in [-0.1, -0.05) is 46.4 Å². The molecule has 0 amide bonds. The largest absolute Gasteiger partial charge is 0.327 e. The Labute approximate surface area is 104 Å². The molecule has 1 aromatic heterocycles. The van der Waals surface area contributed by atoms with E-state index in [1.54, 1.807) is 0 Å². The van der Waals surface area contributed by atoms with Crippen molar-refractivity contribution in [2.24, 2.45) is 0 Å². The number of nitrogens with zero attached hydrogens (tertiary/aromatic N) is 1. The average molecular weight is 290 g/mol. The number of aromatic amines is 1. The molecule has 14 heavy (non-hydrogen) atoms. The number of fused-ring (bicyclic) bond motifs is 1. The molecule has 0 aliphatic rings. The van der Waals surface area contributed by atoms with Gasteiger partial charge in [0.1, 0.15) is 5.52 Å². The quantitative estimate of drug-likeness (QED) is 0.546. The molecule has 0 saturated carbocycles. The van der Waals surface area contributed by atoms with Gasteiger partial charge in [-0.3, -0.25) is 0 Å². The lowest BCUT2D eigenvalue weighted by molar-refractivity contribution is 1.34. The summed E-state index contributed by atoms with van der Waals surface area (Å²) in [6.07, 6.45) is 0. The standard InChI is InChI=1S/C7HCl5N2/c8-1-2(9)4(11)6-5(3(1)10)13-7(12)14-6/h(H,13,14). The molecule has 1 heterocycles. The van der Waals surface area contributed by atoms with E-state index in [2.05, 4.69) is 9.97 Å². The fourth-order valence-electron chi connectivity index (χ4n) is 1.07. The van der Waals surface area contributed by atoms with Gasteiger partial charge in [-0.05, 0) is 11.6 Å². The van der Waals surface area contributed by atoms with E-state index in [0.717, 1.165) is 0 Å². The first-order valence-corrected chi connectivity index (χ1v) is 5.28. The summed E-state index contributed by atoms with van der Waals surface area (Å²) in [6, 6.07) is 0. The van der Waals surface area contributed by atoms with Crippen molar-refractivity contribution in [1.82, 2.24) is 9.97 Å². The minimum Gasteiger partial charge on any atom is -0.327 e. The van der Waals surface area contributed by atoms with Crippen molar-refractivity contribution in [2.75, 3.05) is 0 Å². The Bertz CT molecular complexity index is 474. The molecule has 0 bridgehead atoms. The summed E-state index contributed by atoms with van der Waals surface area (Å²) in [7, 11) is 0. The second-order valence-corrected chi connectivity index (χ2v) is 4.38. The van der Waals surface area contributed by atoms with Crippen molar-refractivity contribution in [3.05, 3.63) is 25.4 Å². The van der Waals surface area contributed by atoms with Crippen LogP contribution in [-0.4, -0.2) is 9.97 Å². The molecule has 0 spiro atoms. The number of rotatable bonds is 0. The molecule has 2 nitrogen and oxygen atoms in total. The van der Waals surface area contributed by atoms with Crippen LogP contribution in [0.4, 0.5) is 0 Å². The van der Waals surface area contributed by atoms with Crippen LogP contribution in [0.25, 0.3) is 11.0 Å². The van der Waals surface area contributed by atoms with Crippen molar-refractivity contribution in [3.8, 4) is 0 Å². The number of H-pyrrole nitrogens is 1. The van der Waals surface area contributed by atoms with Gasteiger partial charge in [-0.15, -0.1) is 0 Å². The number of imidazole rings is 1. The fourth-order valence-corrected chi connectivity index (χ4v) is 2.18. The minimum atomic E-state index is 0.175. The number of hydrogen-bond donors (Lipinski definition) is 1. The lowest BCUT2D eigenvalue weighted by Gasteiger charge is -2.02. The van der Waals surface area contributed by atoms with Crippen LogP contribution in [-0.2, 0) is 0 Å². The molecule has 1 N–H and O–H groups in total. The zero-order valence-electron chi connectivity index (χ0n) is 6.34. The van der Waals surface area contributed by atoms with E-state index < -0.39 is 0 Å². The van der Waals surface area contributed by atoms with Crippen LogP contribution in [0.5, 0.6) is 0 Å². The van der Waals surface area contributed by atoms with E-state index in [0.29, 0.717) is 11.0 Å². The van der Waals surface area contributed by atoms with Crippen LogP contribution in [0.3, 0.4) is 0 Å². The Morgan fingerprint density at radius 3 is 2.00 bits per heavy atom. The Morgan fingerprint density at radius 2 is 1.36 bits per heavy atom. The van der Waals surface area contributed by atoms with Crippen LogP contribution in [0, 0.1) is 0 Å². The van der Waals surface area contributed by atoms with Crippen LogP contribution >= 0.6 is 58.0 Å². The Hall–Kier alpha value is 0.140. The first-order chi connectivity index (χ1) is 6.52. The Kier molecular flexibility index (Phi) is 2.75. The van der Waals surface area contributed by atoms with Crippen molar-refractivity contribution in [3.63, 3.8) is 0 Å². The first-order valence-electron chi connectivity index (χ1n) is 3.39. The second kappa shape index (κ2) is 3.62. The van der Waals surface area contributed by atoms with Gasteiger partial charge in [-0.25, -0.2) is 4.98 Å². The molecule has 7 heteroatoms. The van der Waals surface area contributed by atoms with E-state index in [-0.39, 0.29) is 25.4 Å². The molecule has 74 valence electrons. The highest BCUT2D eigenvalue weighted by atomic mass is 35.5. The lowest BCUT2D eigenvalue weighted by atomic mass is 10.3. The highest BCUT2D eigenvalue weighted by Crippen LogP contribution is 2.42. The lowest BCUT2D eigenvalue weighted by Crippen LogP contribution is -1.79. The third-order valence-corrected chi connectivity index (χ3v) is 3.65. The molecule has 2 aromatic rings. The van der Waals surface area contributed by atoms with Crippen molar-refractivity contribution >= 4 is 69.0 Å². The highest BCUT2D eigenvalue weighted by Gasteiger charge is 2.17. The third kappa shape index (κ3) is 1.46. The average Bonchev–Trinajstić information content (AvgIpc) is 2.54. The molecule has 2 rings (SSSR count). The molecule has 0 aliphatic carbocycles. The van der Waals surface area contributed by atoms with Gasteiger partial charge in [0.05, 0.1) is 25.6 Å². The first kappa shape index (κ1) is 10.7. The topological polar surface area (TPSA) is 28.7 Å². The molecule has 0 saturated heterocycles. The van der Waals surface area contributed by atoms with Crippen LogP contribution in [0.2, 0.25) is 25.4 Å².